The zero-order valence-electron chi connectivity index (χ0n) is 19.3. The van der Waals surface area contributed by atoms with Gasteiger partial charge < -0.3 is 15.0 Å². The molecule has 1 saturated carbocycles. The average Bonchev–Trinajstić information content (AvgIpc) is 3.34. The number of hydrogen-bond acceptors (Lipinski definition) is 5. The summed E-state index contributed by atoms with van der Waals surface area (Å²) in [5.74, 6) is -1.85. The van der Waals surface area contributed by atoms with Gasteiger partial charge >= 0.3 is 6.18 Å². The number of halogens is 3. The molecule has 188 valence electrons. The maximum Gasteiger partial charge on any atom is 0.391 e. The number of rotatable bonds is 7. The number of likely N-dealkylation sites (tertiary alicyclic amines) is 1. The van der Waals surface area contributed by atoms with Gasteiger partial charge in [-0.2, -0.15) is 13.2 Å². The van der Waals surface area contributed by atoms with E-state index in [1.54, 1.807) is 35.4 Å². The summed E-state index contributed by atoms with van der Waals surface area (Å²) in [5.41, 5.74) is 0.855. The van der Waals surface area contributed by atoms with E-state index in [2.05, 4.69) is 15.3 Å². The number of carbonyl (C=O) groups is 2. The lowest BCUT2D eigenvalue weighted by atomic mass is 9.81. The van der Waals surface area contributed by atoms with Crippen molar-refractivity contribution in [2.24, 2.45) is 11.8 Å². The van der Waals surface area contributed by atoms with Crippen LogP contribution in [-0.4, -0.2) is 52.1 Å². The molecule has 7 nitrogen and oxygen atoms in total. The second kappa shape index (κ2) is 11.0. The van der Waals surface area contributed by atoms with Crippen LogP contribution in [0, 0.1) is 11.8 Å². The van der Waals surface area contributed by atoms with Crippen molar-refractivity contribution in [3.8, 4) is 5.75 Å². The van der Waals surface area contributed by atoms with Crippen LogP contribution in [0.2, 0.25) is 0 Å². The Bertz CT molecular complexity index is 1010. The molecule has 0 bridgehead atoms. The summed E-state index contributed by atoms with van der Waals surface area (Å²) in [5, 5.41) is 2.78. The van der Waals surface area contributed by atoms with Crippen LogP contribution in [0.5, 0.6) is 5.75 Å². The van der Waals surface area contributed by atoms with Gasteiger partial charge in [0.25, 0.3) is 5.91 Å². The molecule has 35 heavy (non-hydrogen) atoms. The first-order chi connectivity index (χ1) is 16.8. The molecule has 0 spiro atoms. The molecule has 2 amide bonds. The molecule has 0 aromatic carbocycles. The summed E-state index contributed by atoms with van der Waals surface area (Å²) < 4.78 is 44.9. The standard InChI is InChI=1S/C25H29F3N4O3/c26-25(27,28)18-10-8-17(9-11-18)24(34)32-14-4-6-20(32)16-35-21-7-3-13-30-22(21)23(33)31-15-19-5-1-2-12-29-19/h1-3,5,7,12-13,17-18,20H,4,6,8-11,14-16H2,(H,31,33)/t17?,18?,20-/m1/s1. The van der Waals surface area contributed by atoms with Gasteiger partial charge in [0.2, 0.25) is 5.91 Å². The van der Waals surface area contributed by atoms with E-state index in [1.807, 2.05) is 6.07 Å². The summed E-state index contributed by atoms with van der Waals surface area (Å²) >= 11 is 0. The fourth-order valence-electron chi connectivity index (χ4n) is 4.82. The van der Waals surface area contributed by atoms with E-state index in [9.17, 15) is 22.8 Å². The van der Waals surface area contributed by atoms with Gasteiger partial charge in [-0.3, -0.25) is 14.6 Å². The lowest BCUT2D eigenvalue weighted by Crippen LogP contribution is -2.44. The number of nitrogens with one attached hydrogen (secondary N) is 1. The van der Waals surface area contributed by atoms with Crippen LogP contribution in [0.25, 0.3) is 0 Å². The van der Waals surface area contributed by atoms with Gasteiger partial charge in [-0.05, 0) is 62.8 Å². The molecule has 1 aliphatic carbocycles. The molecule has 0 unspecified atom stereocenters. The maximum atomic E-state index is 13.1. The van der Waals surface area contributed by atoms with Crippen LogP contribution in [0.1, 0.15) is 54.7 Å². The normalized spacial score (nSPS) is 22.6. The molecule has 1 N–H and O–H groups in total. The first-order valence-corrected chi connectivity index (χ1v) is 12.0. The van der Waals surface area contributed by atoms with E-state index in [4.69, 9.17) is 4.74 Å². The summed E-state index contributed by atoms with van der Waals surface area (Å²) in [6.45, 7) is 1.00. The number of amides is 2. The number of aromatic nitrogens is 2. The van der Waals surface area contributed by atoms with Crippen molar-refractivity contribution in [3.05, 3.63) is 54.1 Å². The van der Waals surface area contributed by atoms with E-state index in [-0.39, 0.29) is 62.4 Å². The highest BCUT2D eigenvalue weighted by Crippen LogP contribution is 2.40. The van der Waals surface area contributed by atoms with Crippen LogP contribution in [0.15, 0.2) is 42.7 Å². The van der Waals surface area contributed by atoms with Gasteiger partial charge in [-0.1, -0.05) is 6.07 Å². The molecule has 1 saturated heterocycles. The minimum Gasteiger partial charge on any atom is -0.489 e. The van der Waals surface area contributed by atoms with E-state index in [0.717, 1.165) is 12.8 Å². The molecule has 2 fully saturated rings. The topological polar surface area (TPSA) is 84.4 Å². The van der Waals surface area contributed by atoms with Gasteiger partial charge in [-0.25, -0.2) is 4.98 Å². The van der Waals surface area contributed by atoms with Crippen LogP contribution >= 0.6 is 0 Å². The van der Waals surface area contributed by atoms with Crippen molar-refractivity contribution in [1.82, 2.24) is 20.2 Å². The molecule has 3 heterocycles. The second-order valence-corrected chi connectivity index (χ2v) is 9.08. The molecule has 4 rings (SSSR count). The van der Waals surface area contributed by atoms with Crippen molar-refractivity contribution < 1.29 is 27.5 Å². The molecule has 0 radical (unpaired) electrons. The highest BCUT2D eigenvalue weighted by molar-refractivity contribution is 5.94. The Labute approximate surface area is 202 Å². The molecule has 2 aromatic heterocycles. The predicted molar refractivity (Wildman–Crippen MR) is 121 cm³/mol. The summed E-state index contributed by atoms with van der Waals surface area (Å²) in [6.07, 6.45) is 1.03. The molecular weight excluding hydrogens is 461 g/mol. The van der Waals surface area contributed by atoms with E-state index in [1.165, 1.54) is 6.20 Å². The first-order valence-electron chi connectivity index (χ1n) is 12.0. The predicted octanol–water partition coefficient (Wildman–Crippen LogP) is 4.15. The number of carbonyl (C=O) groups excluding carboxylic acids is 2. The zero-order valence-corrected chi connectivity index (χ0v) is 19.3. The van der Waals surface area contributed by atoms with Crippen molar-refractivity contribution in [2.75, 3.05) is 13.2 Å². The summed E-state index contributed by atoms with van der Waals surface area (Å²) in [4.78, 5) is 35.8. The van der Waals surface area contributed by atoms with E-state index >= 15 is 0 Å². The Morgan fingerprint density at radius 3 is 2.51 bits per heavy atom. The zero-order chi connectivity index (χ0) is 24.8. The Morgan fingerprint density at radius 1 is 1.03 bits per heavy atom. The monoisotopic (exact) mass is 490 g/mol. The smallest absolute Gasteiger partial charge is 0.391 e. The van der Waals surface area contributed by atoms with Crippen molar-refractivity contribution >= 4 is 11.8 Å². The van der Waals surface area contributed by atoms with Crippen molar-refractivity contribution in [2.45, 2.75) is 57.3 Å². The van der Waals surface area contributed by atoms with Crippen LogP contribution < -0.4 is 10.1 Å². The minimum absolute atomic E-state index is 0.00156. The van der Waals surface area contributed by atoms with E-state index < -0.39 is 18.0 Å². The van der Waals surface area contributed by atoms with Crippen molar-refractivity contribution in [3.63, 3.8) is 0 Å². The third kappa shape index (κ3) is 6.29. The number of hydrogen-bond donors (Lipinski definition) is 1. The molecular formula is C25H29F3N4O3. The lowest BCUT2D eigenvalue weighted by Gasteiger charge is -2.33. The Hall–Kier alpha value is -3.17. The van der Waals surface area contributed by atoms with Crippen molar-refractivity contribution in [1.29, 1.82) is 0 Å². The molecule has 1 aliphatic heterocycles. The average molecular weight is 491 g/mol. The highest BCUT2D eigenvalue weighted by Gasteiger charge is 2.44. The van der Waals surface area contributed by atoms with Gasteiger partial charge in [0, 0.05) is 24.9 Å². The quantitative estimate of drug-likeness (QED) is 0.631. The maximum absolute atomic E-state index is 13.1. The van der Waals surface area contributed by atoms with E-state index in [0.29, 0.717) is 18.0 Å². The highest BCUT2D eigenvalue weighted by atomic mass is 19.4. The number of nitrogens with zero attached hydrogens (tertiary/aromatic N) is 3. The Balaban J connectivity index is 1.33. The van der Waals surface area contributed by atoms with Gasteiger partial charge in [0.05, 0.1) is 24.2 Å². The van der Waals surface area contributed by atoms with Gasteiger partial charge in [0.15, 0.2) is 11.4 Å². The third-order valence-corrected chi connectivity index (χ3v) is 6.77. The molecule has 2 aromatic rings. The largest absolute Gasteiger partial charge is 0.489 e. The summed E-state index contributed by atoms with van der Waals surface area (Å²) in [6, 6.07) is 8.56. The lowest BCUT2D eigenvalue weighted by molar-refractivity contribution is -0.185. The second-order valence-electron chi connectivity index (χ2n) is 9.08. The number of ether oxygens (including phenoxy) is 1. The van der Waals surface area contributed by atoms with Crippen LogP contribution in [-0.2, 0) is 11.3 Å². The fourth-order valence-corrected chi connectivity index (χ4v) is 4.82. The summed E-state index contributed by atoms with van der Waals surface area (Å²) in [7, 11) is 0. The Morgan fingerprint density at radius 2 is 1.80 bits per heavy atom. The number of pyridine rings is 2. The molecule has 2 aliphatic rings. The molecule has 1 atom stereocenters. The fraction of sp³-hybridized carbons (Fsp3) is 0.520. The SMILES string of the molecule is O=C(NCc1ccccn1)c1ncccc1OC[C@H]1CCCN1C(=O)C1CCC(C(F)(F)F)CC1. The van der Waals surface area contributed by atoms with Crippen LogP contribution in [0.4, 0.5) is 13.2 Å². The molecule has 10 heteroatoms. The number of alkyl halides is 3. The minimum atomic E-state index is -4.19. The van der Waals surface area contributed by atoms with Gasteiger partial charge in [0.1, 0.15) is 6.61 Å². The van der Waals surface area contributed by atoms with Crippen LogP contribution in [0.3, 0.4) is 0 Å². The third-order valence-electron chi connectivity index (χ3n) is 6.77. The Kier molecular flexibility index (Phi) is 7.87. The van der Waals surface area contributed by atoms with Gasteiger partial charge in [-0.15, -0.1) is 0 Å². The first kappa shape index (κ1) is 24.9.